The van der Waals surface area contributed by atoms with Gasteiger partial charge in [0.1, 0.15) is 0 Å². The Bertz CT molecular complexity index is 2720. The van der Waals surface area contributed by atoms with Crippen molar-refractivity contribution >= 4 is 75.2 Å². The summed E-state index contributed by atoms with van der Waals surface area (Å²) in [6, 6.07) is 47.8. The second-order valence-electron chi connectivity index (χ2n) is 13.8. The zero-order chi connectivity index (χ0) is 34.1. The van der Waals surface area contributed by atoms with Gasteiger partial charge in [0.2, 0.25) is 13.4 Å². The fourth-order valence-electron chi connectivity index (χ4n) is 9.26. The number of para-hydroxylation sites is 1. The van der Waals surface area contributed by atoms with Gasteiger partial charge in [-0.2, -0.15) is 0 Å². The van der Waals surface area contributed by atoms with Crippen molar-refractivity contribution in [1.29, 1.82) is 0 Å². The van der Waals surface area contributed by atoms with Gasteiger partial charge in [0, 0.05) is 17.1 Å². The van der Waals surface area contributed by atoms with E-state index in [-0.39, 0.29) is 24.6 Å². The van der Waals surface area contributed by atoms with Gasteiger partial charge in [-0.1, -0.05) is 102 Å². The molecule has 0 saturated heterocycles. The number of rotatable bonds is 4. The van der Waals surface area contributed by atoms with E-state index in [4.69, 9.17) is 0 Å². The highest BCUT2D eigenvalue weighted by Gasteiger charge is 2.49. The number of anilines is 3. The summed E-state index contributed by atoms with van der Waals surface area (Å²) < 4.78 is 0. The Labute approximate surface area is 294 Å². The van der Waals surface area contributed by atoms with E-state index in [0.29, 0.717) is 0 Å². The molecule has 0 amide bonds. The summed E-state index contributed by atoms with van der Waals surface area (Å²) in [6.45, 7) is 0.174. The van der Waals surface area contributed by atoms with Gasteiger partial charge < -0.3 is 15.1 Å². The number of hydrogen-bond acceptors (Lipinski definition) is 3. The van der Waals surface area contributed by atoms with E-state index in [2.05, 4.69) is 95.9 Å². The zero-order valence-corrected chi connectivity index (χ0v) is 27.1. The molecule has 7 heteroatoms. The topological polar surface area (TPSA) is 77.8 Å². The molecule has 4 heterocycles. The van der Waals surface area contributed by atoms with Crippen LogP contribution in [-0.4, -0.2) is 35.6 Å². The second-order valence-corrected chi connectivity index (χ2v) is 13.8. The highest BCUT2D eigenvalue weighted by atomic mass is 16.4. The van der Waals surface area contributed by atoms with Crippen molar-refractivity contribution in [2.75, 3.05) is 4.90 Å². The predicted molar refractivity (Wildman–Crippen MR) is 206 cm³/mol. The maximum atomic E-state index is 11.7. The first-order chi connectivity index (χ1) is 25.0. The fourth-order valence-corrected chi connectivity index (χ4v) is 9.26. The van der Waals surface area contributed by atoms with Crippen LogP contribution < -0.4 is 37.7 Å². The third-order valence-corrected chi connectivity index (χ3v) is 11.4. The lowest BCUT2D eigenvalue weighted by Crippen LogP contribution is -2.62. The minimum absolute atomic E-state index is 0.0743. The first-order valence-corrected chi connectivity index (χ1v) is 17.1. The van der Waals surface area contributed by atoms with Gasteiger partial charge in [-0.15, -0.1) is 0 Å². The van der Waals surface area contributed by atoms with Crippen molar-refractivity contribution < 1.29 is 19.8 Å². The summed E-state index contributed by atoms with van der Waals surface area (Å²) >= 11 is 0. The van der Waals surface area contributed by atoms with Crippen LogP contribution in [0, 0.1) is 0 Å². The van der Waals surface area contributed by atoms with Gasteiger partial charge in [-0.25, -0.2) is 9.59 Å². The van der Waals surface area contributed by atoms with Crippen LogP contribution in [0.25, 0.3) is 44.5 Å². The Kier molecular flexibility index (Phi) is 5.54. The molecule has 5 nitrogen and oxygen atoms in total. The maximum Gasteiger partial charge on any atom is 0.335 e. The lowest BCUT2D eigenvalue weighted by Gasteiger charge is -2.42. The lowest BCUT2D eigenvalue weighted by atomic mass is 9.32. The van der Waals surface area contributed by atoms with Crippen LogP contribution in [0.5, 0.6) is 0 Å². The molecule has 51 heavy (non-hydrogen) atoms. The summed E-state index contributed by atoms with van der Waals surface area (Å²) in [7, 11) is 0. The molecule has 0 spiro atoms. The van der Waals surface area contributed by atoms with Crippen molar-refractivity contribution in [3.05, 3.63) is 151 Å². The fraction of sp³-hybridized carbons (Fsp3) is 0. The minimum atomic E-state index is -0.934. The lowest BCUT2D eigenvalue weighted by molar-refractivity contribution is 0.0686. The summed E-state index contributed by atoms with van der Waals surface area (Å²) in [4.78, 5) is 25.7. The first-order valence-electron chi connectivity index (χ1n) is 17.1. The Morgan fingerprint density at radius 1 is 0.431 bits per heavy atom. The molecule has 7 aromatic rings. The molecule has 236 valence electrons. The molecule has 0 saturated carbocycles. The Hall–Kier alpha value is -6.59. The number of nitrogens with zero attached hydrogens (tertiary/aromatic N) is 1. The number of aromatic carboxylic acids is 2. The van der Waals surface area contributed by atoms with E-state index in [0.717, 1.165) is 27.9 Å². The molecule has 0 fully saturated rings. The third kappa shape index (κ3) is 3.72. The monoisotopic (exact) mass is 653 g/mol. The standard InChI is InChI=1S/C44H25B2NO4/c48-43(49)26-15-11-24(12-16-26)28-19-20-35-32(21-28)31-6-3-10-38-40(31)46(35)37-9-4-8-36-42(37)47(38)39-23-29(25-13-17-27(18-14-25)44(50)51)22-33-30-5-1-2-7-34(30)45(36)41(33)39/h1-23H,(H,48,49)(H,50,51). The molecule has 7 aromatic carbocycles. The molecule has 0 aliphatic carbocycles. The quantitative estimate of drug-likeness (QED) is 0.245. The molecule has 0 unspecified atom stereocenters. The Balaban J connectivity index is 1.15. The van der Waals surface area contributed by atoms with Crippen molar-refractivity contribution in [3.63, 3.8) is 0 Å². The van der Waals surface area contributed by atoms with Crippen molar-refractivity contribution in [3.8, 4) is 44.5 Å². The van der Waals surface area contributed by atoms with Gasteiger partial charge in [0.15, 0.2) is 0 Å². The normalized spacial score (nSPS) is 13.3. The smallest absolute Gasteiger partial charge is 0.335 e. The largest absolute Gasteiger partial charge is 0.478 e. The molecular weight excluding hydrogens is 628 g/mol. The number of carbonyl (C=O) groups is 2. The van der Waals surface area contributed by atoms with E-state index in [1.54, 1.807) is 24.3 Å². The number of fused-ring (bicyclic) bond motifs is 10. The third-order valence-electron chi connectivity index (χ3n) is 11.4. The SMILES string of the molecule is O=C(O)c1ccc(-c2ccc3c(c2)-c2cccc4c2B3c2cccc3c2N4c2cc(-c4ccc(C(=O)O)cc4)cc4c2B3c2ccccc2-4)cc1. The zero-order valence-electron chi connectivity index (χ0n) is 27.1. The van der Waals surface area contributed by atoms with Crippen LogP contribution in [0.15, 0.2) is 140 Å². The Morgan fingerprint density at radius 3 is 1.65 bits per heavy atom. The summed E-state index contributed by atoms with van der Waals surface area (Å²) in [5, 5.41) is 19.0. The molecule has 11 rings (SSSR count). The van der Waals surface area contributed by atoms with Crippen molar-refractivity contribution in [2.45, 2.75) is 0 Å². The summed E-state index contributed by atoms with van der Waals surface area (Å²) in [6.07, 6.45) is 0. The van der Waals surface area contributed by atoms with E-state index in [1.165, 1.54) is 66.4 Å². The number of hydrogen-bond donors (Lipinski definition) is 2. The van der Waals surface area contributed by atoms with Crippen LogP contribution in [0.1, 0.15) is 20.7 Å². The number of carboxylic acids is 2. The molecular formula is C44H25B2NO4. The van der Waals surface area contributed by atoms with Crippen molar-refractivity contribution in [1.82, 2.24) is 0 Å². The van der Waals surface area contributed by atoms with Crippen LogP contribution in [0.2, 0.25) is 0 Å². The van der Waals surface area contributed by atoms with Crippen LogP contribution in [0.4, 0.5) is 17.1 Å². The molecule has 4 aliphatic rings. The minimum Gasteiger partial charge on any atom is -0.478 e. The van der Waals surface area contributed by atoms with E-state index < -0.39 is 11.9 Å². The number of benzene rings is 7. The van der Waals surface area contributed by atoms with Gasteiger partial charge in [0.05, 0.1) is 11.1 Å². The second kappa shape index (κ2) is 9.99. The molecule has 4 aliphatic heterocycles. The highest BCUT2D eigenvalue weighted by molar-refractivity contribution is 7.05. The van der Waals surface area contributed by atoms with E-state index in [9.17, 15) is 19.8 Å². The van der Waals surface area contributed by atoms with E-state index >= 15 is 0 Å². The molecule has 0 radical (unpaired) electrons. The molecule has 0 aromatic heterocycles. The van der Waals surface area contributed by atoms with Gasteiger partial charge in [-0.05, 0) is 115 Å². The van der Waals surface area contributed by atoms with Gasteiger partial charge >= 0.3 is 11.9 Å². The van der Waals surface area contributed by atoms with Crippen LogP contribution >= 0.6 is 0 Å². The number of carboxylic acid groups (broad SMARTS) is 2. The Morgan fingerprint density at radius 2 is 0.961 bits per heavy atom. The predicted octanol–water partition coefficient (Wildman–Crippen LogP) is 5.51. The van der Waals surface area contributed by atoms with Crippen LogP contribution in [-0.2, 0) is 0 Å². The summed E-state index contributed by atoms with van der Waals surface area (Å²) in [5.74, 6) is -1.86. The average molecular weight is 653 g/mol. The summed E-state index contributed by atoms with van der Waals surface area (Å²) in [5.41, 5.74) is 20.9. The molecule has 0 bridgehead atoms. The van der Waals surface area contributed by atoms with Crippen molar-refractivity contribution in [2.24, 2.45) is 0 Å². The first kappa shape index (κ1) is 28.3. The van der Waals surface area contributed by atoms with E-state index in [1.807, 2.05) is 24.3 Å². The van der Waals surface area contributed by atoms with Crippen LogP contribution in [0.3, 0.4) is 0 Å². The maximum absolute atomic E-state index is 11.7. The molecule has 2 N–H and O–H groups in total. The molecule has 0 atom stereocenters. The average Bonchev–Trinajstić information content (AvgIpc) is 3.68. The van der Waals surface area contributed by atoms with Gasteiger partial charge in [-0.3, -0.25) is 0 Å². The van der Waals surface area contributed by atoms with Gasteiger partial charge in [0.25, 0.3) is 0 Å². The highest BCUT2D eigenvalue weighted by Crippen LogP contribution is 2.45.